The molecule has 0 spiro atoms. The molecule has 0 amide bonds. The van der Waals surface area contributed by atoms with Crippen molar-refractivity contribution in [2.45, 2.75) is 26.4 Å². The van der Waals surface area contributed by atoms with Crippen molar-refractivity contribution in [2.24, 2.45) is 5.92 Å². The summed E-state index contributed by atoms with van der Waals surface area (Å²) >= 11 is 0. The maximum Gasteiger partial charge on any atom is 0.123 e. The van der Waals surface area contributed by atoms with E-state index in [1.807, 2.05) is 0 Å². The van der Waals surface area contributed by atoms with Crippen LogP contribution < -0.4 is 5.32 Å². The lowest BCUT2D eigenvalue weighted by atomic mass is 10.1. The molecule has 0 fully saturated rings. The molecule has 1 aromatic carbocycles. The minimum Gasteiger partial charge on any atom is -0.387 e. The van der Waals surface area contributed by atoms with Crippen LogP contribution in [0.5, 0.6) is 0 Å². The van der Waals surface area contributed by atoms with E-state index in [0.717, 1.165) is 18.5 Å². The molecule has 90 valence electrons. The molecule has 0 aliphatic heterocycles. The molecule has 1 aromatic rings. The van der Waals surface area contributed by atoms with E-state index in [-0.39, 0.29) is 5.82 Å². The first-order valence-corrected chi connectivity index (χ1v) is 5.74. The first-order chi connectivity index (χ1) is 7.59. The Morgan fingerprint density at radius 2 is 1.88 bits per heavy atom. The molecule has 0 bridgehead atoms. The zero-order chi connectivity index (χ0) is 12.0. The Kier molecular flexibility index (Phi) is 5.43. The first kappa shape index (κ1) is 13.1. The largest absolute Gasteiger partial charge is 0.387 e. The lowest BCUT2D eigenvalue weighted by molar-refractivity contribution is 0.174. The first-order valence-electron chi connectivity index (χ1n) is 5.74. The van der Waals surface area contributed by atoms with Crippen molar-refractivity contribution in [3.8, 4) is 0 Å². The smallest absolute Gasteiger partial charge is 0.123 e. The zero-order valence-corrected chi connectivity index (χ0v) is 9.91. The van der Waals surface area contributed by atoms with Crippen molar-refractivity contribution >= 4 is 0 Å². The van der Waals surface area contributed by atoms with E-state index in [1.165, 1.54) is 12.1 Å². The summed E-state index contributed by atoms with van der Waals surface area (Å²) in [6, 6.07) is 5.97. The van der Waals surface area contributed by atoms with Crippen LogP contribution in [-0.4, -0.2) is 18.2 Å². The van der Waals surface area contributed by atoms with E-state index in [2.05, 4.69) is 19.2 Å². The molecule has 0 radical (unpaired) electrons. The Balaban J connectivity index is 2.29. The van der Waals surface area contributed by atoms with Crippen LogP contribution in [0.4, 0.5) is 4.39 Å². The average Bonchev–Trinajstić information content (AvgIpc) is 2.25. The van der Waals surface area contributed by atoms with Gasteiger partial charge in [-0.05, 0) is 36.6 Å². The minimum atomic E-state index is -0.562. The summed E-state index contributed by atoms with van der Waals surface area (Å²) in [5.41, 5.74) is 0.749. The Morgan fingerprint density at radius 3 is 2.44 bits per heavy atom. The number of halogens is 1. The van der Waals surface area contributed by atoms with E-state index >= 15 is 0 Å². The second-order valence-electron chi connectivity index (χ2n) is 4.45. The average molecular weight is 225 g/mol. The van der Waals surface area contributed by atoms with Gasteiger partial charge in [0, 0.05) is 6.54 Å². The van der Waals surface area contributed by atoms with Crippen LogP contribution >= 0.6 is 0 Å². The molecule has 3 heteroatoms. The molecule has 0 aliphatic carbocycles. The monoisotopic (exact) mass is 225 g/mol. The van der Waals surface area contributed by atoms with Gasteiger partial charge in [-0.15, -0.1) is 0 Å². The van der Waals surface area contributed by atoms with Crippen LogP contribution in [0.15, 0.2) is 24.3 Å². The Morgan fingerprint density at radius 1 is 1.25 bits per heavy atom. The number of aliphatic hydroxyl groups is 1. The third-order valence-corrected chi connectivity index (χ3v) is 2.49. The molecule has 0 saturated carbocycles. The Labute approximate surface area is 96.5 Å². The molecule has 0 aliphatic rings. The Bertz CT molecular complexity index is 297. The molecule has 0 aromatic heterocycles. The van der Waals surface area contributed by atoms with Crippen LogP contribution in [0.1, 0.15) is 31.9 Å². The van der Waals surface area contributed by atoms with Gasteiger partial charge < -0.3 is 10.4 Å². The predicted molar refractivity (Wildman–Crippen MR) is 63.7 cm³/mol. The number of hydrogen-bond acceptors (Lipinski definition) is 2. The van der Waals surface area contributed by atoms with Crippen molar-refractivity contribution in [1.29, 1.82) is 0 Å². The van der Waals surface area contributed by atoms with Gasteiger partial charge in [0.25, 0.3) is 0 Å². The highest BCUT2D eigenvalue weighted by molar-refractivity contribution is 5.18. The standard InChI is InChI=1S/C13H20FNO/c1-10(2)7-8-15-9-13(16)11-3-5-12(14)6-4-11/h3-6,10,13,15-16H,7-9H2,1-2H3. The van der Waals surface area contributed by atoms with E-state index in [4.69, 9.17) is 0 Å². The van der Waals surface area contributed by atoms with Gasteiger partial charge in [0.2, 0.25) is 0 Å². The van der Waals surface area contributed by atoms with Crippen molar-refractivity contribution < 1.29 is 9.50 Å². The van der Waals surface area contributed by atoms with Crippen LogP contribution in [0.25, 0.3) is 0 Å². The van der Waals surface area contributed by atoms with E-state index in [1.54, 1.807) is 12.1 Å². The fraction of sp³-hybridized carbons (Fsp3) is 0.538. The number of hydrogen-bond donors (Lipinski definition) is 2. The SMILES string of the molecule is CC(C)CCNCC(O)c1ccc(F)cc1. The topological polar surface area (TPSA) is 32.3 Å². The van der Waals surface area contributed by atoms with Crippen LogP contribution in [0, 0.1) is 11.7 Å². The fourth-order valence-electron chi connectivity index (χ4n) is 1.43. The van der Waals surface area contributed by atoms with Gasteiger partial charge in [0.1, 0.15) is 5.82 Å². The number of rotatable bonds is 6. The van der Waals surface area contributed by atoms with E-state index < -0.39 is 6.10 Å². The molecule has 2 nitrogen and oxygen atoms in total. The maximum atomic E-state index is 12.6. The lowest BCUT2D eigenvalue weighted by Gasteiger charge is -2.12. The summed E-state index contributed by atoms with van der Waals surface area (Å²) in [6.45, 7) is 5.74. The highest BCUT2D eigenvalue weighted by Gasteiger charge is 2.06. The molecule has 1 unspecified atom stereocenters. The zero-order valence-electron chi connectivity index (χ0n) is 9.91. The second kappa shape index (κ2) is 6.61. The summed E-state index contributed by atoms with van der Waals surface area (Å²) < 4.78 is 12.6. The third kappa shape index (κ3) is 4.73. The van der Waals surface area contributed by atoms with E-state index in [9.17, 15) is 9.50 Å². The molecular formula is C13H20FNO. The van der Waals surface area contributed by atoms with Crippen molar-refractivity contribution in [3.63, 3.8) is 0 Å². The molecule has 0 saturated heterocycles. The summed E-state index contributed by atoms with van der Waals surface area (Å²) in [6.07, 6.45) is 0.531. The maximum absolute atomic E-state index is 12.6. The summed E-state index contributed by atoms with van der Waals surface area (Å²) in [5.74, 6) is 0.388. The summed E-state index contributed by atoms with van der Waals surface area (Å²) in [7, 11) is 0. The quantitative estimate of drug-likeness (QED) is 0.729. The van der Waals surface area contributed by atoms with Gasteiger partial charge in [-0.1, -0.05) is 26.0 Å². The van der Waals surface area contributed by atoms with Crippen molar-refractivity contribution in [3.05, 3.63) is 35.6 Å². The van der Waals surface area contributed by atoms with Gasteiger partial charge in [0.05, 0.1) is 6.10 Å². The molecule has 0 heterocycles. The summed E-state index contributed by atoms with van der Waals surface area (Å²) in [4.78, 5) is 0. The summed E-state index contributed by atoms with van der Waals surface area (Å²) in [5, 5.41) is 13.0. The lowest BCUT2D eigenvalue weighted by Crippen LogP contribution is -2.23. The third-order valence-electron chi connectivity index (χ3n) is 2.49. The Hall–Kier alpha value is -0.930. The molecular weight excluding hydrogens is 205 g/mol. The predicted octanol–water partition coefficient (Wildman–Crippen LogP) is 2.49. The second-order valence-corrected chi connectivity index (χ2v) is 4.45. The van der Waals surface area contributed by atoms with Crippen LogP contribution in [0.2, 0.25) is 0 Å². The van der Waals surface area contributed by atoms with E-state index in [0.29, 0.717) is 12.5 Å². The highest BCUT2D eigenvalue weighted by Crippen LogP contribution is 2.12. The van der Waals surface area contributed by atoms with Gasteiger partial charge in [-0.3, -0.25) is 0 Å². The number of benzene rings is 1. The van der Waals surface area contributed by atoms with Crippen molar-refractivity contribution in [1.82, 2.24) is 5.32 Å². The van der Waals surface area contributed by atoms with Crippen LogP contribution in [0.3, 0.4) is 0 Å². The molecule has 16 heavy (non-hydrogen) atoms. The fourth-order valence-corrected chi connectivity index (χ4v) is 1.43. The van der Waals surface area contributed by atoms with Gasteiger partial charge >= 0.3 is 0 Å². The van der Waals surface area contributed by atoms with Crippen LogP contribution in [-0.2, 0) is 0 Å². The number of aliphatic hydroxyl groups excluding tert-OH is 1. The van der Waals surface area contributed by atoms with Gasteiger partial charge in [-0.25, -0.2) is 4.39 Å². The van der Waals surface area contributed by atoms with Gasteiger partial charge in [0.15, 0.2) is 0 Å². The highest BCUT2D eigenvalue weighted by atomic mass is 19.1. The van der Waals surface area contributed by atoms with Gasteiger partial charge in [-0.2, -0.15) is 0 Å². The normalized spacial score (nSPS) is 13.1. The minimum absolute atomic E-state index is 0.274. The molecule has 2 N–H and O–H groups in total. The number of nitrogens with one attached hydrogen (secondary N) is 1. The van der Waals surface area contributed by atoms with Crippen molar-refractivity contribution in [2.75, 3.05) is 13.1 Å². The molecule has 1 atom stereocenters. The molecule has 1 rings (SSSR count).